The fourth-order valence-corrected chi connectivity index (χ4v) is 2.61. The molecular weight excluding hydrogens is 266 g/mol. The molecule has 0 aliphatic heterocycles. The van der Waals surface area contributed by atoms with E-state index in [1.165, 1.54) is 11.2 Å². The maximum absolute atomic E-state index is 11.9. The Morgan fingerprint density at radius 1 is 1.33 bits per heavy atom. The molecule has 6 nitrogen and oxygen atoms in total. The van der Waals surface area contributed by atoms with Crippen LogP contribution in [0, 0.1) is 5.92 Å². The van der Waals surface area contributed by atoms with Crippen LogP contribution in [-0.2, 0) is 11.3 Å². The lowest BCUT2D eigenvalue weighted by Gasteiger charge is -2.19. The topological polar surface area (TPSA) is 72.2 Å². The molecule has 1 aromatic carbocycles. The van der Waals surface area contributed by atoms with E-state index in [-0.39, 0.29) is 12.5 Å². The highest BCUT2D eigenvalue weighted by atomic mass is 16.2. The number of hydrazone groups is 1. The van der Waals surface area contributed by atoms with Gasteiger partial charge in [0.15, 0.2) is 0 Å². The molecule has 6 heteroatoms. The van der Waals surface area contributed by atoms with Crippen LogP contribution in [0.1, 0.15) is 32.6 Å². The summed E-state index contributed by atoms with van der Waals surface area (Å²) in [6.07, 6.45) is 4.54. The second-order valence-corrected chi connectivity index (χ2v) is 5.50. The molecule has 1 heterocycles. The fraction of sp³-hybridized carbons (Fsp3) is 0.467. The molecule has 2 aromatic rings. The first-order valence-corrected chi connectivity index (χ1v) is 7.37. The van der Waals surface area contributed by atoms with Gasteiger partial charge in [-0.25, -0.2) is 5.43 Å². The Balaban J connectivity index is 1.62. The van der Waals surface area contributed by atoms with Gasteiger partial charge in [-0.3, -0.25) is 4.79 Å². The van der Waals surface area contributed by atoms with Gasteiger partial charge in [0.05, 0.1) is 0 Å². The van der Waals surface area contributed by atoms with Crippen molar-refractivity contribution in [1.29, 1.82) is 0 Å². The summed E-state index contributed by atoms with van der Waals surface area (Å²) in [5.41, 5.74) is 5.29. The third-order valence-corrected chi connectivity index (χ3v) is 3.83. The number of hydrogen-bond acceptors (Lipinski definition) is 4. The Labute approximate surface area is 123 Å². The predicted molar refractivity (Wildman–Crippen MR) is 80.7 cm³/mol. The summed E-state index contributed by atoms with van der Waals surface area (Å²) >= 11 is 0. The summed E-state index contributed by atoms with van der Waals surface area (Å²) in [6, 6.07) is 7.55. The molecule has 3 rings (SSSR count). The van der Waals surface area contributed by atoms with Gasteiger partial charge in [0.2, 0.25) is 0 Å². The standard InChI is InChI=1S/C15H19N5O/c1-11-6-2-3-7-12(11)16-17-15(21)10-20-18-13-8-4-5-9-14(13)19-20/h4-5,8-9,11H,2-3,6-7,10H2,1H3,(H,17,21). The van der Waals surface area contributed by atoms with E-state index in [0.29, 0.717) is 5.92 Å². The largest absolute Gasteiger partial charge is 0.271 e. The Hall–Kier alpha value is -2.24. The van der Waals surface area contributed by atoms with Crippen LogP contribution in [0.5, 0.6) is 0 Å². The van der Waals surface area contributed by atoms with Crippen LogP contribution in [0.4, 0.5) is 0 Å². The molecular formula is C15H19N5O. The smallest absolute Gasteiger partial charge is 0.263 e. The lowest BCUT2D eigenvalue weighted by Crippen LogP contribution is -2.27. The van der Waals surface area contributed by atoms with Gasteiger partial charge in [-0.15, -0.1) is 0 Å². The van der Waals surface area contributed by atoms with E-state index in [0.717, 1.165) is 36.0 Å². The average molecular weight is 285 g/mol. The van der Waals surface area contributed by atoms with Crippen LogP contribution in [-0.4, -0.2) is 26.6 Å². The van der Waals surface area contributed by atoms with Crippen molar-refractivity contribution in [2.45, 2.75) is 39.2 Å². The Morgan fingerprint density at radius 2 is 2.05 bits per heavy atom. The second kappa shape index (κ2) is 6.03. The molecule has 1 amide bonds. The van der Waals surface area contributed by atoms with Gasteiger partial charge < -0.3 is 0 Å². The molecule has 1 unspecified atom stereocenters. The average Bonchev–Trinajstić information content (AvgIpc) is 2.88. The van der Waals surface area contributed by atoms with Crippen molar-refractivity contribution in [2.75, 3.05) is 0 Å². The predicted octanol–water partition coefficient (Wildman–Crippen LogP) is 2.11. The number of benzene rings is 1. The number of amides is 1. The molecule has 1 N–H and O–H groups in total. The zero-order valence-electron chi connectivity index (χ0n) is 12.1. The Morgan fingerprint density at radius 3 is 2.71 bits per heavy atom. The van der Waals surface area contributed by atoms with Gasteiger partial charge in [-0.1, -0.05) is 25.5 Å². The highest BCUT2D eigenvalue weighted by Crippen LogP contribution is 2.20. The minimum atomic E-state index is -0.194. The van der Waals surface area contributed by atoms with E-state index in [9.17, 15) is 4.79 Å². The molecule has 1 saturated carbocycles. The van der Waals surface area contributed by atoms with Crippen molar-refractivity contribution in [3.8, 4) is 0 Å². The molecule has 1 aromatic heterocycles. The summed E-state index contributed by atoms with van der Waals surface area (Å²) in [7, 11) is 0. The number of hydrogen-bond donors (Lipinski definition) is 1. The fourth-order valence-electron chi connectivity index (χ4n) is 2.61. The Bertz CT molecular complexity index is 643. The van der Waals surface area contributed by atoms with Gasteiger partial charge in [0.25, 0.3) is 5.91 Å². The summed E-state index contributed by atoms with van der Waals surface area (Å²) < 4.78 is 0. The minimum Gasteiger partial charge on any atom is -0.271 e. The normalized spacial score (nSPS) is 20.8. The van der Waals surface area contributed by atoms with Gasteiger partial charge in [-0.2, -0.15) is 20.1 Å². The van der Waals surface area contributed by atoms with Crippen molar-refractivity contribution >= 4 is 22.7 Å². The van der Waals surface area contributed by atoms with Crippen molar-refractivity contribution in [3.63, 3.8) is 0 Å². The molecule has 1 aliphatic rings. The molecule has 21 heavy (non-hydrogen) atoms. The number of aromatic nitrogens is 3. The first-order valence-electron chi connectivity index (χ1n) is 7.37. The van der Waals surface area contributed by atoms with Crippen molar-refractivity contribution in [1.82, 2.24) is 20.4 Å². The number of fused-ring (bicyclic) bond motifs is 1. The van der Waals surface area contributed by atoms with Crippen LogP contribution >= 0.6 is 0 Å². The lowest BCUT2D eigenvalue weighted by atomic mass is 9.89. The highest BCUT2D eigenvalue weighted by molar-refractivity contribution is 5.88. The van der Waals surface area contributed by atoms with E-state index in [1.54, 1.807) is 0 Å². The third kappa shape index (κ3) is 3.26. The van der Waals surface area contributed by atoms with Crippen molar-refractivity contribution in [3.05, 3.63) is 24.3 Å². The monoisotopic (exact) mass is 285 g/mol. The first-order chi connectivity index (χ1) is 10.2. The number of carbonyl (C=O) groups is 1. The van der Waals surface area contributed by atoms with Crippen LogP contribution < -0.4 is 5.43 Å². The lowest BCUT2D eigenvalue weighted by molar-refractivity contribution is -0.122. The SMILES string of the molecule is CC1CCCCC1=NNC(=O)Cn1nc2ccccc2n1. The number of nitrogens with one attached hydrogen (secondary N) is 1. The first kappa shape index (κ1) is 13.7. The van der Waals surface area contributed by atoms with E-state index < -0.39 is 0 Å². The van der Waals surface area contributed by atoms with E-state index >= 15 is 0 Å². The number of carbonyl (C=O) groups excluding carboxylic acids is 1. The van der Waals surface area contributed by atoms with Crippen LogP contribution in [0.15, 0.2) is 29.4 Å². The van der Waals surface area contributed by atoms with E-state index in [2.05, 4.69) is 27.6 Å². The van der Waals surface area contributed by atoms with Crippen LogP contribution in [0.2, 0.25) is 0 Å². The number of rotatable bonds is 3. The zero-order valence-corrected chi connectivity index (χ0v) is 12.1. The van der Waals surface area contributed by atoms with Crippen molar-refractivity contribution in [2.24, 2.45) is 11.0 Å². The van der Waals surface area contributed by atoms with Gasteiger partial charge in [0, 0.05) is 5.71 Å². The van der Waals surface area contributed by atoms with Crippen molar-refractivity contribution < 1.29 is 4.79 Å². The summed E-state index contributed by atoms with van der Waals surface area (Å²) in [5, 5.41) is 12.8. The molecule has 1 aliphatic carbocycles. The molecule has 0 spiro atoms. The summed E-state index contributed by atoms with van der Waals surface area (Å²) in [6.45, 7) is 2.24. The molecule has 0 radical (unpaired) electrons. The zero-order chi connectivity index (χ0) is 14.7. The summed E-state index contributed by atoms with van der Waals surface area (Å²) in [4.78, 5) is 13.3. The molecule has 0 saturated heterocycles. The third-order valence-electron chi connectivity index (χ3n) is 3.83. The molecule has 0 bridgehead atoms. The van der Waals surface area contributed by atoms with E-state index in [1.807, 2.05) is 24.3 Å². The van der Waals surface area contributed by atoms with Gasteiger partial charge in [-0.05, 0) is 37.3 Å². The molecule has 110 valence electrons. The highest BCUT2D eigenvalue weighted by Gasteiger charge is 2.16. The Kier molecular flexibility index (Phi) is 3.94. The summed E-state index contributed by atoms with van der Waals surface area (Å²) in [5.74, 6) is 0.269. The van der Waals surface area contributed by atoms with Gasteiger partial charge >= 0.3 is 0 Å². The second-order valence-electron chi connectivity index (χ2n) is 5.50. The maximum Gasteiger partial charge on any atom is 0.263 e. The van der Waals surface area contributed by atoms with Crippen LogP contribution in [0.3, 0.4) is 0 Å². The molecule has 1 atom stereocenters. The van der Waals surface area contributed by atoms with Gasteiger partial charge in [0.1, 0.15) is 17.6 Å². The van der Waals surface area contributed by atoms with Crippen LogP contribution in [0.25, 0.3) is 11.0 Å². The minimum absolute atomic E-state index is 0.0832. The van der Waals surface area contributed by atoms with E-state index in [4.69, 9.17) is 0 Å². The molecule has 1 fully saturated rings. The number of nitrogens with zero attached hydrogens (tertiary/aromatic N) is 4. The maximum atomic E-state index is 11.9. The quantitative estimate of drug-likeness (QED) is 0.878.